The van der Waals surface area contributed by atoms with E-state index in [1.54, 1.807) is 18.2 Å². The second-order valence-corrected chi connectivity index (χ2v) is 8.23. The lowest BCUT2D eigenvalue weighted by Crippen LogP contribution is -2.02. The Bertz CT molecular complexity index is 442. The van der Waals surface area contributed by atoms with Crippen molar-refractivity contribution >= 4 is 61.0 Å². The van der Waals surface area contributed by atoms with Crippen molar-refractivity contribution in [2.75, 3.05) is 0 Å². The summed E-state index contributed by atoms with van der Waals surface area (Å²) in [7, 11) is 0. The zero-order valence-corrected chi connectivity index (χ0v) is 12.4. The molecule has 0 amide bonds. The van der Waals surface area contributed by atoms with Crippen LogP contribution < -0.4 is 0 Å². The summed E-state index contributed by atoms with van der Waals surface area (Å²) in [6.45, 7) is 0. The van der Waals surface area contributed by atoms with E-state index in [-0.39, 0.29) is 5.92 Å². The molecule has 1 N–H and O–H groups in total. The van der Waals surface area contributed by atoms with Gasteiger partial charge in [0.2, 0.25) is 0 Å². The van der Waals surface area contributed by atoms with Crippen LogP contribution in [0, 0.1) is 5.92 Å². The van der Waals surface area contributed by atoms with Crippen LogP contribution in [0.3, 0.4) is 0 Å². The number of hydrogen-bond acceptors (Lipinski definition) is 1. The molecule has 2 nitrogen and oxygen atoms in total. The minimum absolute atomic E-state index is 0.166. The molecule has 1 aliphatic carbocycles. The molecule has 2 rings (SSSR count). The SMILES string of the molecule is O=C(O)C1C(c2cc(Cl)cc(Cl)c2)C1(Br)Br. The molecular weight excluding hydrogens is 383 g/mol. The molecule has 1 fully saturated rings. The summed E-state index contributed by atoms with van der Waals surface area (Å²) in [6, 6.07) is 5.09. The van der Waals surface area contributed by atoms with Crippen molar-refractivity contribution in [3.05, 3.63) is 33.8 Å². The van der Waals surface area contributed by atoms with Crippen LogP contribution in [0.25, 0.3) is 0 Å². The van der Waals surface area contributed by atoms with Crippen molar-refractivity contribution in [2.45, 2.75) is 9.15 Å². The van der Waals surface area contributed by atoms with Gasteiger partial charge in [-0.15, -0.1) is 0 Å². The fourth-order valence-electron chi connectivity index (χ4n) is 1.80. The number of hydrogen-bond donors (Lipinski definition) is 1. The van der Waals surface area contributed by atoms with E-state index in [4.69, 9.17) is 28.3 Å². The molecule has 1 aliphatic rings. The largest absolute Gasteiger partial charge is 0.481 e. The molecule has 0 saturated heterocycles. The van der Waals surface area contributed by atoms with E-state index in [0.717, 1.165) is 5.56 Å². The lowest BCUT2D eigenvalue weighted by molar-refractivity contribution is -0.138. The molecule has 0 radical (unpaired) electrons. The number of alkyl halides is 2. The average molecular weight is 389 g/mol. The van der Waals surface area contributed by atoms with Crippen LogP contribution in [-0.2, 0) is 4.79 Å². The third kappa shape index (κ3) is 2.13. The first-order chi connectivity index (χ1) is 7.34. The minimum Gasteiger partial charge on any atom is -0.481 e. The van der Waals surface area contributed by atoms with Gasteiger partial charge in [0.15, 0.2) is 0 Å². The third-order valence-electron chi connectivity index (χ3n) is 2.56. The van der Waals surface area contributed by atoms with Gasteiger partial charge in [0.05, 0.1) is 5.92 Å². The Kier molecular flexibility index (Phi) is 3.30. The number of carbonyl (C=O) groups is 1. The third-order valence-corrected chi connectivity index (χ3v) is 4.97. The summed E-state index contributed by atoms with van der Waals surface area (Å²) < 4.78 is -0.597. The van der Waals surface area contributed by atoms with Gasteiger partial charge in [0, 0.05) is 16.0 Å². The van der Waals surface area contributed by atoms with E-state index in [2.05, 4.69) is 31.9 Å². The second-order valence-electron chi connectivity index (χ2n) is 3.67. The van der Waals surface area contributed by atoms with Crippen molar-refractivity contribution in [3.63, 3.8) is 0 Å². The molecule has 0 aliphatic heterocycles. The Morgan fingerprint density at radius 2 is 1.75 bits per heavy atom. The Morgan fingerprint density at radius 1 is 1.25 bits per heavy atom. The molecule has 0 bridgehead atoms. The number of carboxylic acids is 1. The van der Waals surface area contributed by atoms with Crippen LogP contribution in [0.15, 0.2) is 18.2 Å². The van der Waals surface area contributed by atoms with Crippen molar-refractivity contribution in [2.24, 2.45) is 5.92 Å². The highest BCUT2D eigenvalue weighted by Crippen LogP contribution is 2.67. The van der Waals surface area contributed by atoms with Gasteiger partial charge in [-0.2, -0.15) is 0 Å². The smallest absolute Gasteiger partial charge is 0.309 e. The summed E-state index contributed by atoms with van der Waals surface area (Å²) in [5, 5.41) is 10.1. The van der Waals surface area contributed by atoms with Crippen molar-refractivity contribution < 1.29 is 9.90 Å². The molecule has 0 spiro atoms. The van der Waals surface area contributed by atoms with Crippen LogP contribution >= 0.6 is 55.1 Å². The number of carboxylic acid groups (broad SMARTS) is 1. The molecule has 0 aromatic heterocycles. The molecule has 86 valence electrons. The minimum atomic E-state index is -0.852. The fourth-order valence-corrected chi connectivity index (χ4v) is 4.06. The summed E-state index contributed by atoms with van der Waals surface area (Å²) >= 11 is 18.5. The number of aliphatic carboxylic acids is 1. The van der Waals surface area contributed by atoms with E-state index in [1.165, 1.54) is 0 Å². The Balaban J connectivity index is 2.37. The summed E-state index contributed by atoms with van der Waals surface area (Å²) in [4.78, 5) is 11.0. The maximum absolute atomic E-state index is 11.0. The lowest BCUT2D eigenvalue weighted by atomic mass is 10.1. The van der Waals surface area contributed by atoms with Crippen molar-refractivity contribution in [1.29, 1.82) is 0 Å². The highest BCUT2D eigenvalue weighted by atomic mass is 79.9. The molecule has 0 heterocycles. The summed E-state index contributed by atoms with van der Waals surface area (Å²) in [5.74, 6) is -1.53. The fraction of sp³-hybridized carbons (Fsp3) is 0.300. The van der Waals surface area contributed by atoms with E-state index in [9.17, 15) is 4.79 Å². The molecule has 2 atom stereocenters. The van der Waals surface area contributed by atoms with E-state index in [0.29, 0.717) is 10.0 Å². The molecule has 16 heavy (non-hydrogen) atoms. The highest BCUT2D eigenvalue weighted by molar-refractivity contribution is 9.25. The quantitative estimate of drug-likeness (QED) is 0.768. The number of benzene rings is 1. The van der Waals surface area contributed by atoms with Gasteiger partial charge in [0.25, 0.3) is 0 Å². The van der Waals surface area contributed by atoms with Crippen LogP contribution in [0.4, 0.5) is 0 Å². The first kappa shape index (κ1) is 12.7. The predicted molar refractivity (Wildman–Crippen MR) is 70.9 cm³/mol. The molecule has 1 aromatic rings. The Morgan fingerprint density at radius 3 is 2.12 bits per heavy atom. The highest BCUT2D eigenvalue weighted by Gasteiger charge is 2.66. The van der Waals surface area contributed by atoms with Gasteiger partial charge >= 0.3 is 5.97 Å². The molecular formula is C10H6Br2Cl2O2. The normalized spacial score (nSPS) is 26.5. The van der Waals surface area contributed by atoms with E-state index < -0.39 is 15.1 Å². The monoisotopic (exact) mass is 386 g/mol. The molecule has 1 saturated carbocycles. The average Bonchev–Trinajstić information content (AvgIpc) is 2.67. The topological polar surface area (TPSA) is 37.3 Å². The first-order valence-corrected chi connectivity index (χ1v) is 6.75. The standard InChI is InChI=1S/C10H6Br2Cl2O2/c11-10(12)7(8(10)9(15)16)4-1-5(13)3-6(14)2-4/h1-3,7-8H,(H,15,16). The van der Waals surface area contributed by atoms with Crippen molar-refractivity contribution in [1.82, 2.24) is 0 Å². The van der Waals surface area contributed by atoms with Gasteiger partial charge in [0.1, 0.15) is 3.23 Å². The first-order valence-electron chi connectivity index (χ1n) is 4.40. The van der Waals surface area contributed by atoms with Crippen LogP contribution in [0.2, 0.25) is 10.0 Å². The Hall–Kier alpha value is 0.230. The lowest BCUT2D eigenvalue weighted by Gasteiger charge is -2.02. The number of halogens is 4. The van der Waals surface area contributed by atoms with E-state index >= 15 is 0 Å². The van der Waals surface area contributed by atoms with Gasteiger partial charge in [-0.25, -0.2) is 0 Å². The van der Waals surface area contributed by atoms with Gasteiger partial charge in [-0.1, -0.05) is 55.1 Å². The summed E-state index contributed by atoms with van der Waals surface area (Å²) in [5.41, 5.74) is 0.818. The molecule has 2 unspecified atom stereocenters. The summed E-state index contributed by atoms with van der Waals surface area (Å²) in [6.07, 6.45) is 0. The maximum Gasteiger partial charge on any atom is 0.309 e. The Labute approximate surface area is 119 Å². The van der Waals surface area contributed by atoms with Crippen LogP contribution in [0.1, 0.15) is 11.5 Å². The van der Waals surface area contributed by atoms with Gasteiger partial charge in [-0.3, -0.25) is 4.79 Å². The molecule has 1 aromatic carbocycles. The second kappa shape index (κ2) is 4.16. The van der Waals surface area contributed by atoms with Gasteiger partial charge < -0.3 is 5.11 Å². The van der Waals surface area contributed by atoms with Gasteiger partial charge in [-0.05, 0) is 23.8 Å². The zero-order chi connectivity index (χ0) is 12.1. The predicted octanol–water partition coefficient (Wildman–Crippen LogP) is 4.28. The van der Waals surface area contributed by atoms with Crippen LogP contribution in [-0.4, -0.2) is 14.3 Å². The number of rotatable bonds is 2. The van der Waals surface area contributed by atoms with E-state index in [1.807, 2.05) is 0 Å². The van der Waals surface area contributed by atoms with Crippen molar-refractivity contribution in [3.8, 4) is 0 Å². The van der Waals surface area contributed by atoms with Crippen LogP contribution in [0.5, 0.6) is 0 Å². The maximum atomic E-state index is 11.0. The molecule has 6 heteroatoms. The zero-order valence-electron chi connectivity index (χ0n) is 7.75.